The van der Waals surface area contributed by atoms with Gasteiger partial charge in [0.25, 0.3) is 0 Å². The van der Waals surface area contributed by atoms with Gasteiger partial charge in [-0.2, -0.15) is 0 Å². The van der Waals surface area contributed by atoms with Crippen molar-refractivity contribution in [2.45, 2.75) is 38.0 Å². The zero-order valence-electron chi connectivity index (χ0n) is 12.5. The Morgan fingerprint density at radius 2 is 2.05 bits per heavy atom. The first kappa shape index (κ1) is 14.5. The highest BCUT2D eigenvalue weighted by Crippen LogP contribution is 2.21. The molecular weight excluding hydrogens is 262 g/mol. The number of benzene rings is 2. The van der Waals surface area contributed by atoms with Crippen LogP contribution < -0.4 is 5.32 Å². The summed E-state index contributed by atoms with van der Waals surface area (Å²) in [6.07, 6.45) is 1.89. The number of hydrogen-bond donors (Lipinski definition) is 2. The van der Waals surface area contributed by atoms with Crippen molar-refractivity contribution in [1.82, 2.24) is 5.32 Å². The lowest BCUT2D eigenvalue weighted by Crippen LogP contribution is -2.39. The Morgan fingerprint density at radius 1 is 1.24 bits per heavy atom. The van der Waals surface area contributed by atoms with Crippen LogP contribution in [-0.4, -0.2) is 30.4 Å². The largest absolute Gasteiger partial charge is 0.387 e. The van der Waals surface area contributed by atoms with E-state index in [2.05, 4.69) is 36.5 Å². The van der Waals surface area contributed by atoms with Gasteiger partial charge in [-0.25, -0.2) is 0 Å². The Balaban J connectivity index is 1.62. The quantitative estimate of drug-likeness (QED) is 0.907. The molecule has 1 aliphatic rings. The SMILES string of the molecule is CC1CC(NCC(O)c2ccc3ccccc3c2)CCO1. The molecule has 2 aromatic carbocycles. The normalized spacial score (nSPS) is 24.1. The number of aliphatic hydroxyl groups is 1. The first-order valence-electron chi connectivity index (χ1n) is 7.74. The van der Waals surface area contributed by atoms with E-state index >= 15 is 0 Å². The van der Waals surface area contributed by atoms with Crippen LogP contribution in [0.1, 0.15) is 31.4 Å². The summed E-state index contributed by atoms with van der Waals surface area (Å²) in [6.45, 7) is 3.51. The van der Waals surface area contributed by atoms with Crippen LogP contribution in [0, 0.1) is 0 Å². The molecule has 2 aromatic rings. The molecule has 1 saturated heterocycles. The summed E-state index contributed by atoms with van der Waals surface area (Å²) in [5, 5.41) is 16.2. The van der Waals surface area contributed by atoms with Crippen molar-refractivity contribution >= 4 is 10.8 Å². The van der Waals surface area contributed by atoms with Gasteiger partial charge in [-0.05, 0) is 42.2 Å². The Hall–Kier alpha value is -1.42. The molecular formula is C18H23NO2. The first-order valence-corrected chi connectivity index (χ1v) is 7.74. The van der Waals surface area contributed by atoms with Crippen molar-refractivity contribution in [3.63, 3.8) is 0 Å². The number of aliphatic hydroxyl groups excluding tert-OH is 1. The Kier molecular flexibility index (Phi) is 4.54. The van der Waals surface area contributed by atoms with Crippen LogP contribution in [0.4, 0.5) is 0 Å². The smallest absolute Gasteiger partial charge is 0.0914 e. The summed E-state index contributed by atoms with van der Waals surface area (Å²) < 4.78 is 5.55. The third kappa shape index (κ3) is 3.62. The summed E-state index contributed by atoms with van der Waals surface area (Å²) in [4.78, 5) is 0. The van der Waals surface area contributed by atoms with Gasteiger partial charge in [0.15, 0.2) is 0 Å². The van der Waals surface area contributed by atoms with E-state index in [1.54, 1.807) is 0 Å². The molecule has 3 atom stereocenters. The Labute approximate surface area is 125 Å². The highest BCUT2D eigenvalue weighted by Gasteiger charge is 2.19. The topological polar surface area (TPSA) is 41.5 Å². The van der Waals surface area contributed by atoms with Crippen LogP contribution in [-0.2, 0) is 4.74 Å². The van der Waals surface area contributed by atoms with Crippen LogP contribution in [0.15, 0.2) is 42.5 Å². The molecule has 112 valence electrons. The van der Waals surface area contributed by atoms with Gasteiger partial charge in [-0.15, -0.1) is 0 Å². The van der Waals surface area contributed by atoms with Crippen LogP contribution in [0.2, 0.25) is 0 Å². The molecule has 1 aliphatic heterocycles. The minimum absolute atomic E-state index is 0.314. The second-order valence-corrected chi connectivity index (χ2v) is 5.93. The monoisotopic (exact) mass is 285 g/mol. The maximum atomic E-state index is 10.4. The molecule has 21 heavy (non-hydrogen) atoms. The lowest BCUT2D eigenvalue weighted by Gasteiger charge is -2.28. The highest BCUT2D eigenvalue weighted by atomic mass is 16.5. The second-order valence-electron chi connectivity index (χ2n) is 5.93. The maximum Gasteiger partial charge on any atom is 0.0914 e. The van der Waals surface area contributed by atoms with Gasteiger partial charge >= 0.3 is 0 Å². The highest BCUT2D eigenvalue weighted by molar-refractivity contribution is 5.83. The van der Waals surface area contributed by atoms with Crippen molar-refractivity contribution in [1.29, 1.82) is 0 Å². The fraction of sp³-hybridized carbons (Fsp3) is 0.444. The van der Waals surface area contributed by atoms with Gasteiger partial charge in [0.05, 0.1) is 12.2 Å². The summed E-state index contributed by atoms with van der Waals surface area (Å²) in [5.74, 6) is 0. The van der Waals surface area contributed by atoms with Crippen molar-refractivity contribution in [2.75, 3.05) is 13.2 Å². The van der Waals surface area contributed by atoms with Crippen molar-refractivity contribution in [3.8, 4) is 0 Å². The minimum atomic E-state index is -0.465. The van der Waals surface area contributed by atoms with Gasteiger partial charge in [0.2, 0.25) is 0 Å². The van der Waals surface area contributed by atoms with Gasteiger partial charge < -0.3 is 15.2 Å². The average Bonchev–Trinajstić information content (AvgIpc) is 2.52. The minimum Gasteiger partial charge on any atom is -0.387 e. The summed E-state index contributed by atoms with van der Waals surface area (Å²) >= 11 is 0. The van der Waals surface area contributed by atoms with Crippen molar-refractivity contribution in [3.05, 3.63) is 48.0 Å². The van der Waals surface area contributed by atoms with Crippen LogP contribution in [0.5, 0.6) is 0 Å². The Morgan fingerprint density at radius 3 is 2.86 bits per heavy atom. The molecule has 1 fully saturated rings. The average molecular weight is 285 g/mol. The van der Waals surface area contributed by atoms with E-state index in [0.717, 1.165) is 25.0 Å². The number of fused-ring (bicyclic) bond motifs is 1. The molecule has 3 rings (SSSR count). The molecule has 3 nitrogen and oxygen atoms in total. The Bertz CT molecular complexity index is 599. The molecule has 0 radical (unpaired) electrons. The number of ether oxygens (including phenoxy) is 1. The molecule has 1 heterocycles. The molecule has 0 aromatic heterocycles. The van der Waals surface area contributed by atoms with Gasteiger partial charge in [0, 0.05) is 19.2 Å². The predicted molar refractivity (Wildman–Crippen MR) is 85.3 cm³/mol. The van der Waals surface area contributed by atoms with E-state index in [0.29, 0.717) is 18.7 Å². The number of hydrogen-bond acceptors (Lipinski definition) is 3. The van der Waals surface area contributed by atoms with E-state index in [9.17, 15) is 5.11 Å². The standard InChI is InChI=1S/C18H23NO2/c1-13-10-17(8-9-21-13)19-12-18(20)16-7-6-14-4-2-3-5-15(14)11-16/h2-7,11,13,17-20H,8-10,12H2,1H3. The number of nitrogens with one attached hydrogen (secondary N) is 1. The first-order chi connectivity index (χ1) is 10.2. The van der Waals surface area contributed by atoms with E-state index in [-0.39, 0.29) is 0 Å². The predicted octanol–water partition coefficient (Wildman–Crippen LogP) is 3.03. The van der Waals surface area contributed by atoms with Gasteiger partial charge in [0.1, 0.15) is 0 Å². The molecule has 0 bridgehead atoms. The molecule has 2 N–H and O–H groups in total. The van der Waals surface area contributed by atoms with Crippen molar-refractivity contribution in [2.24, 2.45) is 0 Å². The molecule has 0 amide bonds. The van der Waals surface area contributed by atoms with E-state index in [4.69, 9.17) is 4.74 Å². The van der Waals surface area contributed by atoms with Crippen LogP contribution in [0.3, 0.4) is 0 Å². The van der Waals surface area contributed by atoms with E-state index in [1.165, 1.54) is 10.8 Å². The lowest BCUT2D eigenvalue weighted by molar-refractivity contribution is 0.0110. The molecule has 3 unspecified atom stereocenters. The van der Waals surface area contributed by atoms with E-state index < -0.39 is 6.10 Å². The lowest BCUT2D eigenvalue weighted by atomic mass is 10.0. The third-order valence-corrected chi connectivity index (χ3v) is 4.24. The zero-order chi connectivity index (χ0) is 14.7. The molecule has 0 spiro atoms. The van der Waals surface area contributed by atoms with Crippen molar-refractivity contribution < 1.29 is 9.84 Å². The number of rotatable bonds is 4. The summed E-state index contributed by atoms with van der Waals surface area (Å²) in [6, 6.07) is 14.8. The van der Waals surface area contributed by atoms with Gasteiger partial charge in [-0.1, -0.05) is 36.4 Å². The summed E-state index contributed by atoms with van der Waals surface area (Å²) in [5.41, 5.74) is 0.973. The fourth-order valence-corrected chi connectivity index (χ4v) is 2.99. The maximum absolute atomic E-state index is 10.4. The van der Waals surface area contributed by atoms with Crippen LogP contribution >= 0.6 is 0 Å². The molecule has 0 saturated carbocycles. The third-order valence-electron chi connectivity index (χ3n) is 4.24. The zero-order valence-corrected chi connectivity index (χ0v) is 12.5. The molecule has 3 heteroatoms. The van der Waals surface area contributed by atoms with Gasteiger partial charge in [-0.3, -0.25) is 0 Å². The summed E-state index contributed by atoms with van der Waals surface area (Å²) in [7, 11) is 0. The fourth-order valence-electron chi connectivity index (χ4n) is 2.99. The van der Waals surface area contributed by atoms with Crippen LogP contribution in [0.25, 0.3) is 10.8 Å². The molecule has 0 aliphatic carbocycles. The second kappa shape index (κ2) is 6.56. The van der Waals surface area contributed by atoms with E-state index in [1.807, 2.05) is 18.2 Å².